The molecule has 0 saturated heterocycles. The zero-order valence-electron chi connectivity index (χ0n) is 11.6. The van der Waals surface area contributed by atoms with Crippen molar-refractivity contribution in [1.29, 1.82) is 0 Å². The van der Waals surface area contributed by atoms with Gasteiger partial charge in [-0.1, -0.05) is 11.8 Å². The quantitative estimate of drug-likeness (QED) is 0.798. The maximum atomic E-state index is 13.9. The van der Waals surface area contributed by atoms with E-state index in [4.69, 9.17) is 10.5 Å². The lowest BCUT2D eigenvalue weighted by atomic mass is 9.90. The van der Waals surface area contributed by atoms with Gasteiger partial charge in [0.25, 0.3) is 0 Å². The highest BCUT2D eigenvalue weighted by atomic mass is 32.2. The number of methoxy groups -OCH3 is 1. The lowest BCUT2D eigenvalue weighted by Gasteiger charge is -2.34. The summed E-state index contributed by atoms with van der Waals surface area (Å²) >= 11 is 0. The fraction of sp³-hybridized carbons (Fsp3) is 0.429. The molecule has 0 radical (unpaired) electrons. The van der Waals surface area contributed by atoms with Gasteiger partial charge in [0, 0.05) is 18.7 Å². The Morgan fingerprint density at radius 3 is 2.76 bits per heavy atom. The summed E-state index contributed by atoms with van der Waals surface area (Å²) in [5.74, 6) is 4.41. The van der Waals surface area contributed by atoms with Crippen LogP contribution in [0.25, 0.3) is 0 Å². The highest BCUT2D eigenvalue weighted by Gasteiger charge is 2.33. The molecule has 1 saturated carbocycles. The average molecular weight is 312 g/mol. The van der Waals surface area contributed by atoms with Crippen molar-refractivity contribution >= 4 is 10.0 Å². The molecule has 2 rings (SSSR count). The predicted octanol–water partition coefficient (Wildman–Crippen LogP) is 0.592. The van der Waals surface area contributed by atoms with E-state index in [2.05, 4.69) is 16.6 Å². The van der Waals surface area contributed by atoms with Crippen molar-refractivity contribution in [2.75, 3.05) is 13.7 Å². The highest BCUT2D eigenvalue weighted by Crippen LogP contribution is 2.25. The van der Waals surface area contributed by atoms with Gasteiger partial charge in [-0.3, -0.25) is 0 Å². The number of hydrogen-bond donors (Lipinski definition) is 2. The van der Waals surface area contributed by atoms with Crippen LogP contribution in [0.3, 0.4) is 0 Å². The summed E-state index contributed by atoms with van der Waals surface area (Å²) in [6.45, 7) is 0.158. The van der Waals surface area contributed by atoms with Gasteiger partial charge in [-0.05, 0) is 31.0 Å². The highest BCUT2D eigenvalue weighted by molar-refractivity contribution is 7.89. The van der Waals surface area contributed by atoms with Crippen LogP contribution in [0.15, 0.2) is 23.1 Å². The van der Waals surface area contributed by atoms with Crippen LogP contribution in [0, 0.1) is 17.7 Å². The van der Waals surface area contributed by atoms with E-state index in [1.807, 2.05) is 0 Å². The standard InChI is InChI=1S/C14H17FN2O3S/c1-20-12-8-11(9-12)17-21(18,19)14-5-4-10(3-2-6-16)7-13(14)15/h4-5,7,11-12,17H,6,8-9,16H2,1H3. The van der Waals surface area contributed by atoms with Crippen LogP contribution in [0.5, 0.6) is 0 Å². The van der Waals surface area contributed by atoms with E-state index in [0.29, 0.717) is 18.4 Å². The van der Waals surface area contributed by atoms with Gasteiger partial charge in [0.15, 0.2) is 0 Å². The maximum Gasteiger partial charge on any atom is 0.243 e. The van der Waals surface area contributed by atoms with Crippen molar-refractivity contribution in [1.82, 2.24) is 4.72 Å². The number of sulfonamides is 1. The molecule has 0 bridgehead atoms. The number of hydrogen-bond acceptors (Lipinski definition) is 4. The van der Waals surface area contributed by atoms with Gasteiger partial charge in [0.05, 0.1) is 12.6 Å². The molecular weight excluding hydrogens is 295 g/mol. The summed E-state index contributed by atoms with van der Waals surface area (Å²) < 4.78 is 45.8. The first-order chi connectivity index (χ1) is 9.96. The van der Waals surface area contributed by atoms with Crippen LogP contribution in [-0.2, 0) is 14.8 Å². The molecule has 0 heterocycles. The molecule has 0 spiro atoms. The van der Waals surface area contributed by atoms with Gasteiger partial charge in [0.1, 0.15) is 10.7 Å². The zero-order chi connectivity index (χ0) is 15.5. The van der Waals surface area contributed by atoms with E-state index in [0.717, 1.165) is 6.07 Å². The van der Waals surface area contributed by atoms with Gasteiger partial charge >= 0.3 is 0 Å². The summed E-state index contributed by atoms with van der Waals surface area (Å²) in [4.78, 5) is -0.373. The molecule has 1 aromatic carbocycles. The number of nitrogens with two attached hydrogens (primary N) is 1. The molecule has 0 amide bonds. The molecule has 21 heavy (non-hydrogen) atoms. The van der Waals surface area contributed by atoms with Crippen LogP contribution >= 0.6 is 0 Å². The number of nitrogens with one attached hydrogen (secondary N) is 1. The topological polar surface area (TPSA) is 81.4 Å². The normalized spacial score (nSPS) is 21.3. The van der Waals surface area contributed by atoms with Crippen LogP contribution in [0.2, 0.25) is 0 Å². The largest absolute Gasteiger partial charge is 0.381 e. The van der Waals surface area contributed by atoms with E-state index in [-0.39, 0.29) is 23.6 Å². The summed E-state index contributed by atoms with van der Waals surface area (Å²) in [5, 5.41) is 0. The van der Waals surface area contributed by atoms with Crippen LogP contribution in [-0.4, -0.2) is 34.2 Å². The summed E-state index contributed by atoms with van der Waals surface area (Å²) in [6, 6.07) is 3.55. The van der Waals surface area contributed by atoms with Crippen LogP contribution in [0.4, 0.5) is 4.39 Å². The number of ether oxygens (including phenoxy) is 1. The zero-order valence-corrected chi connectivity index (χ0v) is 12.4. The number of rotatable bonds is 4. The first kappa shape index (κ1) is 15.9. The second-order valence-electron chi connectivity index (χ2n) is 4.80. The molecule has 0 atom stereocenters. The van der Waals surface area contributed by atoms with E-state index in [1.165, 1.54) is 12.1 Å². The molecule has 1 aliphatic carbocycles. The van der Waals surface area contributed by atoms with E-state index >= 15 is 0 Å². The molecule has 7 heteroatoms. The molecule has 3 N–H and O–H groups in total. The van der Waals surface area contributed by atoms with Crippen LogP contribution in [0.1, 0.15) is 18.4 Å². The smallest absolute Gasteiger partial charge is 0.243 e. The summed E-state index contributed by atoms with van der Waals surface area (Å²) in [7, 11) is -2.29. The molecule has 1 aromatic rings. The molecule has 1 aliphatic rings. The predicted molar refractivity (Wildman–Crippen MR) is 76.5 cm³/mol. The molecule has 5 nitrogen and oxygen atoms in total. The third-order valence-corrected chi connectivity index (χ3v) is 4.86. The van der Waals surface area contributed by atoms with Gasteiger partial charge in [-0.15, -0.1) is 0 Å². The molecular formula is C14H17FN2O3S. The van der Waals surface area contributed by atoms with Gasteiger partial charge in [-0.25, -0.2) is 17.5 Å². The molecule has 0 unspecified atom stereocenters. The van der Waals surface area contributed by atoms with Crippen molar-refractivity contribution in [3.05, 3.63) is 29.6 Å². The fourth-order valence-electron chi connectivity index (χ4n) is 2.09. The first-order valence-corrected chi connectivity index (χ1v) is 7.98. The van der Waals surface area contributed by atoms with E-state index in [1.54, 1.807) is 7.11 Å². The monoisotopic (exact) mass is 312 g/mol. The Hall–Kier alpha value is -1.46. The maximum absolute atomic E-state index is 13.9. The minimum atomic E-state index is -3.87. The fourth-order valence-corrected chi connectivity index (χ4v) is 3.41. The van der Waals surface area contributed by atoms with Crippen molar-refractivity contribution in [3.63, 3.8) is 0 Å². The van der Waals surface area contributed by atoms with Crippen molar-refractivity contribution in [3.8, 4) is 11.8 Å². The summed E-state index contributed by atoms with van der Waals surface area (Å²) in [6.07, 6.45) is 1.26. The Labute approximate surface area is 123 Å². The van der Waals surface area contributed by atoms with E-state index in [9.17, 15) is 12.8 Å². The minimum absolute atomic E-state index is 0.0662. The Morgan fingerprint density at radius 1 is 1.48 bits per heavy atom. The van der Waals surface area contributed by atoms with Crippen molar-refractivity contribution in [2.24, 2.45) is 5.73 Å². The second-order valence-corrected chi connectivity index (χ2v) is 6.48. The Balaban J connectivity index is 2.13. The third-order valence-electron chi connectivity index (χ3n) is 3.31. The first-order valence-electron chi connectivity index (χ1n) is 6.50. The molecule has 1 fully saturated rings. The average Bonchev–Trinajstić information content (AvgIpc) is 2.39. The van der Waals surface area contributed by atoms with Crippen molar-refractivity contribution < 1.29 is 17.5 Å². The minimum Gasteiger partial charge on any atom is -0.381 e. The summed E-state index contributed by atoms with van der Waals surface area (Å²) in [5.41, 5.74) is 5.62. The van der Waals surface area contributed by atoms with E-state index < -0.39 is 15.8 Å². The van der Waals surface area contributed by atoms with Crippen molar-refractivity contribution in [2.45, 2.75) is 29.9 Å². The van der Waals surface area contributed by atoms with Gasteiger partial charge < -0.3 is 10.5 Å². The van der Waals surface area contributed by atoms with Gasteiger partial charge in [-0.2, -0.15) is 0 Å². The third kappa shape index (κ3) is 3.80. The molecule has 0 aromatic heterocycles. The Bertz CT molecular complexity index is 673. The lowest BCUT2D eigenvalue weighted by molar-refractivity contribution is 0.0236. The molecule has 0 aliphatic heterocycles. The number of benzene rings is 1. The SMILES string of the molecule is COC1CC(NS(=O)(=O)c2ccc(C#CCN)cc2F)C1. The Morgan fingerprint density at radius 2 is 2.19 bits per heavy atom. The van der Waals surface area contributed by atoms with Crippen LogP contribution < -0.4 is 10.5 Å². The number of halogens is 1. The molecule has 114 valence electrons. The lowest BCUT2D eigenvalue weighted by Crippen LogP contribution is -2.47. The van der Waals surface area contributed by atoms with Gasteiger partial charge in [0.2, 0.25) is 10.0 Å². The Kier molecular flexibility index (Phi) is 4.96. The second kappa shape index (κ2) is 6.54.